The Labute approximate surface area is 160 Å². The number of carbonyl (C=O) groups excluding carboxylic acids is 1. The molecule has 1 aromatic carbocycles. The second-order valence-electron chi connectivity index (χ2n) is 7.35. The fourth-order valence-electron chi connectivity index (χ4n) is 3.55. The van der Waals surface area contributed by atoms with Crippen LogP contribution in [0.1, 0.15) is 6.42 Å². The summed E-state index contributed by atoms with van der Waals surface area (Å²) >= 11 is 0. The quantitative estimate of drug-likeness (QED) is 0.571. The minimum atomic E-state index is -1.02. The molecule has 3 heterocycles. The standard InChI is InChI=1S/C20H19FN6O/c1-26(2)17-4-3-16-14(10-22-24-16)19(17)11-5-6-27-12(7-11)8-18(25-27)23-20(28)13-9-15(13)21/h3-8,10,13,15H,9H2,1-2H3,(H,22,24)(H,23,25,28)/t13-,15+/m1/s1. The summed E-state index contributed by atoms with van der Waals surface area (Å²) in [5, 5.41) is 15.3. The van der Waals surface area contributed by atoms with Crippen LogP contribution in [0.15, 0.2) is 42.7 Å². The topological polar surface area (TPSA) is 78.3 Å². The van der Waals surface area contributed by atoms with Crippen LogP contribution >= 0.6 is 0 Å². The van der Waals surface area contributed by atoms with Gasteiger partial charge >= 0.3 is 0 Å². The van der Waals surface area contributed by atoms with Crippen molar-refractivity contribution in [1.29, 1.82) is 0 Å². The first-order valence-electron chi connectivity index (χ1n) is 9.09. The number of fused-ring (bicyclic) bond motifs is 2. The van der Waals surface area contributed by atoms with Gasteiger partial charge in [0.2, 0.25) is 5.91 Å². The average Bonchev–Trinajstić information content (AvgIpc) is 3.06. The first kappa shape index (κ1) is 16.7. The molecule has 0 radical (unpaired) electrons. The number of anilines is 2. The number of hydrogen-bond acceptors (Lipinski definition) is 4. The van der Waals surface area contributed by atoms with Crippen LogP contribution in [0.2, 0.25) is 0 Å². The molecule has 5 rings (SSSR count). The minimum absolute atomic E-state index is 0.297. The first-order chi connectivity index (χ1) is 13.5. The minimum Gasteiger partial charge on any atom is -0.377 e. The molecule has 142 valence electrons. The molecule has 1 fully saturated rings. The van der Waals surface area contributed by atoms with Crippen molar-refractivity contribution in [3.8, 4) is 11.1 Å². The van der Waals surface area contributed by atoms with Gasteiger partial charge in [-0.25, -0.2) is 8.91 Å². The monoisotopic (exact) mass is 378 g/mol. The Balaban J connectivity index is 1.57. The lowest BCUT2D eigenvalue weighted by Crippen LogP contribution is -2.15. The maximum absolute atomic E-state index is 13.1. The number of nitrogens with zero attached hydrogens (tertiary/aromatic N) is 4. The number of H-pyrrole nitrogens is 1. The lowest BCUT2D eigenvalue weighted by atomic mass is 10.00. The van der Waals surface area contributed by atoms with Crippen molar-refractivity contribution in [2.24, 2.45) is 5.92 Å². The van der Waals surface area contributed by atoms with Crippen LogP contribution in [0.5, 0.6) is 0 Å². The fourth-order valence-corrected chi connectivity index (χ4v) is 3.55. The van der Waals surface area contributed by atoms with E-state index in [1.54, 1.807) is 10.6 Å². The Morgan fingerprint density at radius 1 is 1.32 bits per heavy atom. The molecule has 1 aliphatic carbocycles. The molecule has 28 heavy (non-hydrogen) atoms. The van der Waals surface area contributed by atoms with E-state index in [1.165, 1.54) is 0 Å². The number of aromatic nitrogens is 4. The highest BCUT2D eigenvalue weighted by atomic mass is 19.1. The Hall–Kier alpha value is -3.42. The van der Waals surface area contributed by atoms with E-state index in [9.17, 15) is 9.18 Å². The van der Waals surface area contributed by atoms with E-state index in [0.717, 1.165) is 33.2 Å². The molecule has 4 aromatic rings. The van der Waals surface area contributed by atoms with Gasteiger partial charge in [-0.2, -0.15) is 10.2 Å². The third-order valence-corrected chi connectivity index (χ3v) is 5.14. The second-order valence-corrected chi connectivity index (χ2v) is 7.35. The fraction of sp³-hybridized carbons (Fsp3) is 0.250. The van der Waals surface area contributed by atoms with Crippen molar-refractivity contribution in [3.05, 3.63) is 42.7 Å². The second kappa shape index (κ2) is 6.05. The lowest BCUT2D eigenvalue weighted by molar-refractivity contribution is -0.117. The van der Waals surface area contributed by atoms with Crippen LogP contribution in [0.25, 0.3) is 27.5 Å². The third-order valence-electron chi connectivity index (χ3n) is 5.14. The molecule has 7 nitrogen and oxygen atoms in total. The SMILES string of the molecule is CN(C)c1ccc2[nH]ncc2c1-c1ccn2nc(NC(=O)[C@@H]3C[C@@H]3F)cc2c1. The highest BCUT2D eigenvalue weighted by Crippen LogP contribution is 2.37. The van der Waals surface area contributed by atoms with Gasteiger partial charge in [-0.1, -0.05) is 0 Å². The maximum Gasteiger partial charge on any atom is 0.231 e. The van der Waals surface area contributed by atoms with Gasteiger partial charge in [0.25, 0.3) is 0 Å². The molecule has 0 spiro atoms. The van der Waals surface area contributed by atoms with Crippen molar-refractivity contribution in [3.63, 3.8) is 0 Å². The van der Waals surface area contributed by atoms with Crippen LogP contribution in [-0.4, -0.2) is 46.0 Å². The molecule has 1 aliphatic rings. The molecule has 1 saturated carbocycles. The molecule has 1 amide bonds. The maximum atomic E-state index is 13.1. The van der Waals surface area contributed by atoms with Gasteiger partial charge in [-0.3, -0.25) is 9.89 Å². The predicted octanol–water partition coefficient (Wildman–Crippen LogP) is 3.24. The summed E-state index contributed by atoms with van der Waals surface area (Å²) in [6.45, 7) is 0. The number of amides is 1. The Bertz CT molecular complexity index is 1210. The van der Waals surface area contributed by atoms with Gasteiger partial charge in [0.05, 0.1) is 23.1 Å². The normalized spacial score (nSPS) is 18.5. The first-order valence-corrected chi connectivity index (χ1v) is 9.09. The molecular weight excluding hydrogens is 359 g/mol. The smallest absolute Gasteiger partial charge is 0.231 e. The number of aromatic amines is 1. The number of carbonyl (C=O) groups is 1. The summed E-state index contributed by atoms with van der Waals surface area (Å²) in [6.07, 6.45) is 2.95. The number of benzene rings is 1. The molecule has 0 aliphatic heterocycles. The van der Waals surface area contributed by atoms with Crippen molar-refractivity contribution in [2.45, 2.75) is 12.6 Å². The highest BCUT2D eigenvalue weighted by molar-refractivity contribution is 6.02. The summed E-state index contributed by atoms with van der Waals surface area (Å²) < 4.78 is 14.8. The number of nitrogens with one attached hydrogen (secondary N) is 2. The Morgan fingerprint density at radius 2 is 2.14 bits per heavy atom. The Morgan fingerprint density at radius 3 is 2.89 bits per heavy atom. The van der Waals surface area contributed by atoms with Crippen molar-refractivity contribution >= 4 is 33.8 Å². The summed E-state index contributed by atoms with van der Waals surface area (Å²) in [7, 11) is 4.01. The third kappa shape index (κ3) is 2.69. The van der Waals surface area contributed by atoms with Gasteiger partial charge in [-0.15, -0.1) is 0 Å². The van der Waals surface area contributed by atoms with Crippen molar-refractivity contribution in [2.75, 3.05) is 24.3 Å². The summed E-state index contributed by atoms with van der Waals surface area (Å²) in [6, 6.07) is 9.88. The van der Waals surface area contributed by atoms with E-state index >= 15 is 0 Å². The number of hydrogen-bond donors (Lipinski definition) is 2. The van der Waals surface area contributed by atoms with Crippen molar-refractivity contribution < 1.29 is 9.18 Å². The number of halogens is 1. The van der Waals surface area contributed by atoms with Crippen LogP contribution in [0, 0.1) is 5.92 Å². The molecule has 2 atom stereocenters. The largest absolute Gasteiger partial charge is 0.377 e. The molecule has 8 heteroatoms. The average molecular weight is 378 g/mol. The van der Waals surface area contributed by atoms with Crippen LogP contribution in [0.3, 0.4) is 0 Å². The summed E-state index contributed by atoms with van der Waals surface area (Å²) in [5.41, 5.74) is 4.97. The zero-order valence-corrected chi connectivity index (χ0v) is 15.5. The number of alkyl halides is 1. The van der Waals surface area contributed by atoms with Crippen molar-refractivity contribution in [1.82, 2.24) is 19.8 Å². The van der Waals surface area contributed by atoms with E-state index < -0.39 is 12.1 Å². The van der Waals surface area contributed by atoms with Gasteiger partial charge in [0.1, 0.15) is 6.17 Å². The molecule has 0 saturated heterocycles. The van der Waals surface area contributed by atoms with Crippen LogP contribution in [0.4, 0.5) is 15.9 Å². The zero-order chi connectivity index (χ0) is 19.4. The highest BCUT2D eigenvalue weighted by Gasteiger charge is 2.43. The molecule has 0 bridgehead atoms. The van der Waals surface area contributed by atoms with Crippen LogP contribution in [-0.2, 0) is 4.79 Å². The van der Waals surface area contributed by atoms with Crippen LogP contribution < -0.4 is 10.2 Å². The van der Waals surface area contributed by atoms with E-state index in [1.807, 2.05) is 44.7 Å². The van der Waals surface area contributed by atoms with Gasteiger partial charge in [-0.05, 0) is 36.2 Å². The van der Waals surface area contributed by atoms with E-state index in [-0.39, 0.29) is 5.91 Å². The Kier molecular flexibility index (Phi) is 3.61. The summed E-state index contributed by atoms with van der Waals surface area (Å²) in [5.74, 6) is -0.425. The number of pyridine rings is 1. The van der Waals surface area contributed by atoms with Gasteiger partial charge < -0.3 is 10.2 Å². The van der Waals surface area contributed by atoms with E-state index in [2.05, 4.69) is 31.6 Å². The molecule has 0 unspecified atom stereocenters. The molecule has 3 aromatic heterocycles. The van der Waals surface area contributed by atoms with E-state index in [0.29, 0.717) is 12.2 Å². The van der Waals surface area contributed by atoms with Gasteiger partial charge in [0.15, 0.2) is 5.82 Å². The number of rotatable bonds is 4. The molecule has 2 N–H and O–H groups in total. The lowest BCUT2D eigenvalue weighted by Gasteiger charge is -2.18. The summed E-state index contributed by atoms with van der Waals surface area (Å²) in [4.78, 5) is 14.0. The van der Waals surface area contributed by atoms with Gasteiger partial charge in [0, 0.05) is 43.0 Å². The predicted molar refractivity (Wildman–Crippen MR) is 106 cm³/mol. The molecular formula is C20H19FN6O. The zero-order valence-electron chi connectivity index (χ0n) is 15.5. The van der Waals surface area contributed by atoms with E-state index in [4.69, 9.17) is 0 Å².